The van der Waals surface area contributed by atoms with Crippen molar-refractivity contribution in [3.8, 4) is 45.3 Å². The molecule has 0 saturated carbocycles. The standard InChI is InChI=1S/C41H32N4Si/c1-46(2)37-24-14-12-22-35(37)45(36-23-13-15-25-38(36)46)34-27-26-32(29-16-6-3-7-17-29)28-33(34)41-43-39(30-18-8-4-9-19-30)42-40(44-41)31-20-10-5-11-21-31/h3-28H,1-2H3. The average molecular weight is 609 g/mol. The van der Waals surface area contributed by atoms with Gasteiger partial charge in [-0.3, -0.25) is 0 Å². The lowest BCUT2D eigenvalue weighted by Crippen LogP contribution is -2.58. The summed E-state index contributed by atoms with van der Waals surface area (Å²) in [7, 11) is -1.96. The van der Waals surface area contributed by atoms with E-state index in [1.54, 1.807) is 0 Å². The maximum absolute atomic E-state index is 5.19. The molecule has 0 aliphatic carbocycles. The summed E-state index contributed by atoms with van der Waals surface area (Å²) in [6.45, 7) is 4.90. The van der Waals surface area contributed by atoms with Crippen molar-refractivity contribution in [1.29, 1.82) is 0 Å². The molecule has 5 heteroatoms. The fourth-order valence-corrected chi connectivity index (χ4v) is 9.56. The molecular formula is C41H32N4Si. The van der Waals surface area contributed by atoms with Crippen LogP contribution in [0.25, 0.3) is 45.3 Å². The zero-order valence-corrected chi connectivity index (χ0v) is 26.8. The Bertz CT molecular complexity index is 2070. The summed E-state index contributed by atoms with van der Waals surface area (Å²) in [5.74, 6) is 1.93. The Balaban J connectivity index is 1.43. The molecule has 0 amide bonds. The molecule has 2 heterocycles. The van der Waals surface area contributed by atoms with Crippen LogP contribution in [-0.2, 0) is 0 Å². The van der Waals surface area contributed by atoms with Crippen molar-refractivity contribution in [2.45, 2.75) is 13.1 Å². The topological polar surface area (TPSA) is 41.9 Å². The Morgan fingerprint density at radius 2 is 0.826 bits per heavy atom. The van der Waals surface area contributed by atoms with Gasteiger partial charge in [0.2, 0.25) is 0 Å². The van der Waals surface area contributed by atoms with Gasteiger partial charge in [0.1, 0.15) is 8.07 Å². The van der Waals surface area contributed by atoms with E-state index in [0.717, 1.165) is 33.5 Å². The molecule has 0 N–H and O–H groups in total. The van der Waals surface area contributed by atoms with E-state index < -0.39 is 8.07 Å². The van der Waals surface area contributed by atoms with Crippen molar-refractivity contribution in [3.05, 3.63) is 158 Å². The summed E-state index contributed by atoms with van der Waals surface area (Å²) >= 11 is 0. The van der Waals surface area contributed by atoms with Gasteiger partial charge in [-0.05, 0) is 45.8 Å². The molecule has 46 heavy (non-hydrogen) atoms. The first kappa shape index (κ1) is 27.9. The highest BCUT2D eigenvalue weighted by molar-refractivity contribution is 7.02. The van der Waals surface area contributed by atoms with Crippen LogP contribution in [0.4, 0.5) is 17.1 Å². The fourth-order valence-electron chi connectivity index (χ4n) is 6.58. The minimum Gasteiger partial charge on any atom is -0.310 e. The molecule has 6 aromatic carbocycles. The third-order valence-electron chi connectivity index (χ3n) is 8.92. The Kier molecular flexibility index (Phi) is 6.89. The van der Waals surface area contributed by atoms with Crippen LogP contribution >= 0.6 is 0 Å². The Labute approximate surface area is 270 Å². The number of anilines is 3. The van der Waals surface area contributed by atoms with E-state index in [1.807, 2.05) is 36.4 Å². The summed E-state index contributed by atoms with van der Waals surface area (Å²) in [6, 6.07) is 55.3. The number of aromatic nitrogens is 3. The fraction of sp³-hybridized carbons (Fsp3) is 0.0488. The molecule has 0 radical (unpaired) electrons. The maximum atomic E-state index is 5.19. The van der Waals surface area contributed by atoms with Crippen molar-refractivity contribution >= 4 is 35.5 Å². The molecule has 220 valence electrons. The van der Waals surface area contributed by atoms with Gasteiger partial charge in [0.05, 0.1) is 5.69 Å². The number of para-hydroxylation sites is 2. The first-order valence-corrected chi connectivity index (χ1v) is 18.6. The molecule has 7 aromatic rings. The highest BCUT2D eigenvalue weighted by Gasteiger charge is 2.39. The van der Waals surface area contributed by atoms with Crippen LogP contribution < -0.4 is 15.3 Å². The molecule has 0 spiro atoms. The molecule has 0 saturated heterocycles. The maximum Gasteiger partial charge on any atom is 0.166 e. The van der Waals surface area contributed by atoms with Crippen LogP contribution in [0.15, 0.2) is 158 Å². The van der Waals surface area contributed by atoms with Gasteiger partial charge in [-0.25, -0.2) is 15.0 Å². The van der Waals surface area contributed by atoms with Gasteiger partial charge in [0.25, 0.3) is 0 Å². The first-order valence-electron chi connectivity index (χ1n) is 15.6. The second-order valence-corrected chi connectivity index (χ2v) is 16.5. The van der Waals surface area contributed by atoms with Crippen molar-refractivity contribution in [2.24, 2.45) is 0 Å². The van der Waals surface area contributed by atoms with E-state index in [4.69, 9.17) is 15.0 Å². The van der Waals surface area contributed by atoms with Crippen LogP contribution in [0, 0.1) is 0 Å². The second-order valence-electron chi connectivity index (χ2n) is 12.1. The molecule has 1 aromatic heterocycles. The van der Waals surface area contributed by atoms with Gasteiger partial charge in [-0.1, -0.05) is 147 Å². The summed E-state index contributed by atoms with van der Waals surface area (Å²) in [5, 5.41) is 2.83. The quantitative estimate of drug-likeness (QED) is 0.183. The number of rotatable bonds is 5. The van der Waals surface area contributed by atoms with Gasteiger partial charge in [0, 0.05) is 28.1 Å². The van der Waals surface area contributed by atoms with Crippen molar-refractivity contribution < 1.29 is 0 Å². The lowest BCUT2D eigenvalue weighted by atomic mass is 9.99. The minimum absolute atomic E-state index is 0.637. The van der Waals surface area contributed by atoms with Crippen molar-refractivity contribution in [2.75, 3.05) is 4.90 Å². The molecule has 4 nitrogen and oxygen atoms in total. The minimum atomic E-state index is -1.96. The van der Waals surface area contributed by atoms with Crippen molar-refractivity contribution in [3.63, 3.8) is 0 Å². The normalized spacial score (nSPS) is 13.1. The highest BCUT2D eigenvalue weighted by atomic mass is 28.3. The predicted octanol–water partition coefficient (Wildman–Crippen LogP) is 9.15. The van der Waals surface area contributed by atoms with Gasteiger partial charge < -0.3 is 4.90 Å². The van der Waals surface area contributed by atoms with E-state index in [9.17, 15) is 0 Å². The van der Waals surface area contributed by atoms with E-state index >= 15 is 0 Å². The van der Waals surface area contributed by atoms with Crippen LogP contribution in [0.2, 0.25) is 13.1 Å². The largest absolute Gasteiger partial charge is 0.310 e. The second kappa shape index (κ2) is 11.4. The van der Waals surface area contributed by atoms with E-state index in [0.29, 0.717) is 17.5 Å². The van der Waals surface area contributed by atoms with E-state index in [-0.39, 0.29) is 0 Å². The van der Waals surface area contributed by atoms with Crippen LogP contribution in [0.3, 0.4) is 0 Å². The SMILES string of the molecule is C[Si]1(C)c2ccccc2N(c2ccc(-c3ccccc3)cc2-c2nc(-c3ccccc3)nc(-c3ccccc3)n2)c2ccccc21. The monoisotopic (exact) mass is 608 g/mol. The molecule has 0 bridgehead atoms. The lowest BCUT2D eigenvalue weighted by Gasteiger charge is -2.41. The van der Waals surface area contributed by atoms with E-state index in [2.05, 4.69) is 139 Å². The Morgan fingerprint density at radius 3 is 1.35 bits per heavy atom. The number of nitrogens with zero attached hydrogens (tertiary/aromatic N) is 4. The van der Waals surface area contributed by atoms with Gasteiger partial charge in [-0.15, -0.1) is 0 Å². The van der Waals surface area contributed by atoms with Gasteiger partial charge in [-0.2, -0.15) is 0 Å². The third-order valence-corrected chi connectivity index (χ3v) is 12.5. The van der Waals surface area contributed by atoms with Crippen LogP contribution in [0.1, 0.15) is 0 Å². The molecule has 0 unspecified atom stereocenters. The molecule has 1 aliphatic heterocycles. The zero-order chi connectivity index (χ0) is 31.1. The van der Waals surface area contributed by atoms with Crippen LogP contribution in [-0.4, -0.2) is 23.0 Å². The van der Waals surface area contributed by atoms with Crippen molar-refractivity contribution in [1.82, 2.24) is 15.0 Å². The molecule has 0 atom stereocenters. The van der Waals surface area contributed by atoms with Gasteiger partial charge in [0.15, 0.2) is 17.5 Å². The third kappa shape index (κ3) is 4.82. The smallest absolute Gasteiger partial charge is 0.166 e. The molecule has 1 aliphatic rings. The van der Waals surface area contributed by atoms with Gasteiger partial charge >= 0.3 is 0 Å². The molecule has 0 fully saturated rings. The zero-order valence-electron chi connectivity index (χ0n) is 25.8. The first-order chi connectivity index (χ1) is 22.6. The number of hydrogen-bond donors (Lipinski definition) is 0. The Morgan fingerprint density at radius 1 is 0.391 bits per heavy atom. The number of hydrogen-bond acceptors (Lipinski definition) is 4. The summed E-state index contributed by atoms with van der Waals surface area (Å²) in [4.78, 5) is 17.8. The average Bonchev–Trinajstić information content (AvgIpc) is 3.13. The summed E-state index contributed by atoms with van der Waals surface area (Å²) in [5.41, 5.74) is 8.56. The predicted molar refractivity (Wildman–Crippen MR) is 193 cm³/mol. The van der Waals surface area contributed by atoms with E-state index in [1.165, 1.54) is 21.7 Å². The molecule has 8 rings (SSSR count). The lowest BCUT2D eigenvalue weighted by molar-refractivity contribution is 1.07. The molecular weight excluding hydrogens is 577 g/mol. The van der Waals surface area contributed by atoms with Crippen LogP contribution in [0.5, 0.6) is 0 Å². The Hall–Kier alpha value is -5.65. The highest BCUT2D eigenvalue weighted by Crippen LogP contribution is 2.44. The number of fused-ring (bicyclic) bond motifs is 2. The number of benzene rings is 6. The summed E-state index contributed by atoms with van der Waals surface area (Å²) < 4.78 is 0. The summed E-state index contributed by atoms with van der Waals surface area (Å²) in [6.07, 6.45) is 0.